The second-order valence-corrected chi connectivity index (χ2v) is 5.71. The molecular formula is C16H14F2N6. The molecule has 2 heterocycles. The fourth-order valence-electron chi connectivity index (χ4n) is 2.59. The third-order valence-corrected chi connectivity index (χ3v) is 4.05. The van der Waals surface area contributed by atoms with Crippen LogP contribution >= 0.6 is 0 Å². The Morgan fingerprint density at radius 1 is 1.08 bits per heavy atom. The molecule has 1 aliphatic carbocycles. The first-order valence-electron chi connectivity index (χ1n) is 7.53. The van der Waals surface area contributed by atoms with Crippen molar-refractivity contribution in [1.82, 2.24) is 25.1 Å². The molecule has 2 N–H and O–H groups in total. The molecule has 0 radical (unpaired) electrons. The van der Waals surface area contributed by atoms with Crippen molar-refractivity contribution in [1.29, 1.82) is 0 Å². The SMILES string of the molecule is FC(F)c1nc(-c2cnc(NC3(c4ccccc4)CC3)nc2)n[nH]1. The van der Waals surface area contributed by atoms with Crippen LogP contribution in [0, 0.1) is 0 Å². The van der Waals surface area contributed by atoms with E-state index in [0.29, 0.717) is 11.5 Å². The third-order valence-electron chi connectivity index (χ3n) is 4.05. The van der Waals surface area contributed by atoms with E-state index in [9.17, 15) is 8.78 Å². The molecule has 0 bridgehead atoms. The molecule has 0 amide bonds. The summed E-state index contributed by atoms with van der Waals surface area (Å²) in [5.41, 5.74) is 1.57. The summed E-state index contributed by atoms with van der Waals surface area (Å²) in [6.07, 6.45) is 2.39. The molecule has 0 saturated heterocycles. The Hall–Kier alpha value is -2.90. The Labute approximate surface area is 136 Å². The summed E-state index contributed by atoms with van der Waals surface area (Å²) in [6.45, 7) is 0. The highest BCUT2D eigenvalue weighted by Crippen LogP contribution is 2.47. The van der Waals surface area contributed by atoms with Crippen LogP contribution in [0.4, 0.5) is 14.7 Å². The monoisotopic (exact) mass is 328 g/mol. The second kappa shape index (κ2) is 5.63. The molecule has 0 unspecified atom stereocenters. The molecule has 4 rings (SSSR count). The molecule has 8 heteroatoms. The molecule has 1 aromatic carbocycles. The maximum absolute atomic E-state index is 12.5. The Bertz CT molecular complexity index is 827. The number of aromatic amines is 1. The number of aromatic nitrogens is 5. The minimum absolute atomic E-state index is 0.115. The Balaban J connectivity index is 1.52. The first-order chi connectivity index (χ1) is 11.7. The van der Waals surface area contributed by atoms with Crippen LogP contribution in [0.25, 0.3) is 11.4 Å². The van der Waals surface area contributed by atoms with E-state index < -0.39 is 12.2 Å². The number of hydrogen-bond acceptors (Lipinski definition) is 5. The summed E-state index contributed by atoms with van der Waals surface area (Å²) in [4.78, 5) is 12.2. The van der Waals surface area contributed by atoms with E-state index in [0.717, 1.165) is 12.8 Å². The van der Waals surface area contributed by atoms with Gasteiger partial charge in [0, 0.05) is 12.4 Å². The van der Waals surface area contributed by atoms with Gasteiger partial charge in [0.2, 0.25) is 5.95 Å². The Kier molecular flexibility index (Phi) is 3.44. The Morgan fingerprint density at radius 2 is 1.79 bits per heavy atom. The Morgan fingerprint density at radius 3 is 2.38 bits per heavy atom. The number of nitrogens with one attached hydrogen (secondary N) is 2. The van der Waals surface area contributed by atoms with Crippen LogP contribution in [0.1, 0.15) is 30.7 Å². The van der Waals surface area contributed by atoms with Crippen molar-refractivity contribution in [2.24, 2.45) is 0 Å². The van der Waals surface area contributed by atoms with Gasteiger partial charge in [0.1, 0.15) is 0 Å². The molecule has 122 valence electrons. The van der Waals surface area contributed by atoms with Crippen LogP contribution in [-0.4, -0.2) is 25.1 Å². The van der Waals surface area contributed by atoms with Crippen LogP contribution in [0.2, 0.25) is 0 Å². The molecule has 0 atom stereocenters. The number of rotatable bonds is 5. The zero-order valence-electron chi connectivity index (χ0n) is 12.6. The molecule has 1 aliphatic rings. The van der Waals surface area contributed by atoms with E-state index >= 15 is 0 Å². The highest BCUT2D eigenvalue weighted by atomic mass is 19.3. The molecule has 0 spiro atoms. The topological polar surface area (TPSA) is 79.4 Å². The number of nitrogens with zero attached hydrogens (tertiary/aromatic N) is 4. The van der Waals surface area contributed by atoms with Crippen molar-refractivity contribution < 1.29 is 8.78 Å². The van der Waals surface area contributed by atoms with Gasteiger partial charge in [0.15, 0.2) is 11.6 Å². The predicted molar refractivity (Wildman–Crippen MR) is 83.3 cm³/mol. The van der Waals surface area contributed by atoms with Crippen LogP contribution in [0.15, 0.2) is 42.7 Å². The van der Waals surface area contributed by atoms with E-state index in [1.54, 1.807) is 0 Å². The summed E-state index contributed by atoms with van der Waals surface area (Å²) in [5.74, 6) is 0.180. The van der Waals surface area contributed by atoms with Crippen LogP contribution < -0.4 is 5.32 Å². The summed E-state index contributed by atoms with van der Waals surface area (Å²) >= 11 is 0. The zero-order chi connectivity index (χ0) is 16.6. The van der Waals surface area contributed by atoms with Gasteiger partial charge in [-0.1, -0.05) is 30.3 Å². The van der Waals surface area contributed by atoms with Gasteiger partial charge in [-0.3, -0.25) is 5.10 Å². The van der Waals surface area contributed by atoms with Crippen LogP contribution in [-0.2, 0) is 5.54 Å². The first kappa shape index (κ1) is 14.7. The number of halogens is 2. The van der Waals surface area contributed by atoms with Crippen LogP contribution in [0.3, 0.4) is 0 Å². The third kappa shape index (κ3) is 2.70. The zero-order valence-corrected chi connectivity index (χ0v) is 12.6. The minimum Gasteiger partial charge on any atom is -0.345 e. The number of benzene rings is 1. The van der Waals surface area contributed by atoms with Gasteiger partial charge >= 0.3 is 0 Å². The smallest absolute Gasteiger partial charge is 0.296 e. The van der Waals surface area contributed by atoms with Gasteiger partial charge in [-0.05, 0) is 18.4 Å². The maximum Gasteiger partial charge on any atom is 0.296 e. The normalized spacial score (nSPS) is 15.5. The van der Waals surface area contributed by atoms with Gasteiger partial charge in [0.25, 0.3) is 6.43 Å². The lowest BCUT2D eigenvalue weighted by atomic mass is 10.1. The minimum atomic E-state index is -2.69. The quantitative estimate of drug-likeness (QED) is 0.751. The maximum atomic E-state index is 12.5. The molecule has 1 saturated carbocycles. The van der Waals surface area contributed by atoms with Gasteiger partial charge in [-0.2, -0.15) is 5.10 Å². The van der Waals surface area contributed by atoms with Crippen molar-refractivity contribution >= 4 is 5.95 Å². The van der Waals surface area contributed by atoms with E-state index in [4.69, 9.17) is 0 Å². The lowest BCUT2D eigenvalue weighted by Gasteiger charge is -2.17. The van der Waals surface area contributed by atoms with Crippen molar-refractivity contribution in [3.8, 4) is 11.4 Å². The lowest BCUT2D eigenvalue weighted by molar-refractivity contribution is 0.141. The highest BCUT2D eigenvalue weighted by Gasteiger charge is 2.44. The predicted octanol–water partition coefficient (Wildman–Crippen LogP) is 3.30. The van der Waals surface area contributed by atoms with E-state index in [1.807, 2.05) is 18.2 Å². The summed E-state index contributed by atoms with van der Waals surface area (Å²) < 4.78 is 25.1. The number of anilines is 1. The molecule has 2 aromatic heterocycles. The average Bonchev–Trinajstić information content (AvgIpc) is 3.21. The molecule has 24 heavy (non-hydrogen) atoms. The van der Waals surface area contributed by atoms with Gasteiger partial charge in [-0.15, -0.1) is 0 Å². The fraction of sp³-hybridized carbons (Fsp3) is 0.250. The van der Waals surface area contributed by atoms with E-state index in [-0.39, 0.29) is 11.4 Å². The highest BCUT2D eigenvalue weighted by molar-refractivity contribution is 5.53. The van der Waals surface area contributed by atoms with Crippen molar-refractivity contribution in [2.45, 2.75) is 24.8 Å². The van der Waals surface area contributed by atoms with Gasteiger partial charge < -0.3 is 5.32 Å². The van der Waals surface area contributed by atoms with Crippen molar-refractivity contribution in [2.75, 3.05) is 5.32 Å². The van der Waals surface area contributed by atoms with Crippen LogP contribution in [0.5, 0.6) is 0 Å². The van der Waals surface area contributed by atoms with Gasteiger partial charge in [-0.25, -0.2) is 23.7 Å². The van der Waals surface area contributed by atoms with E-state index in [2.05, 4.69) is 42.6 Å². The summed E-state index contributed by atoms with van der Waals surface area (Å²) in [7, 11) is 0. The number of hydrogen-bond donors (Lipinski definition) is 2. The molecule has 1 fully saturated rings. The molecular weight excluding hydrogens is 314 g/mol. The summed E-state index contributed by atoms with van der Waals surface area (Å²) in [6, 6.07) is 10.1. The fourth-order valence-corrected chi connectivity index (χ4v) is 2.59. The molecule has 0 aliphatic heterocycles. The molecule has 3 aromatic rings. The summed E-state index contributed by atoms with van der Waals surface area (Å²) in [5, 5.41) is 9.32. The first-order valence-corrected chi connectivity index (χ1v) is 7.53. The second-order valence-electron chi connectivity index (χ2n) is 5.71. The van der Waals surface area contributed by atoms with E-state index in [1.165, 1.54) is 18.0 Å². The average molecular weight is 328 g/mol. The lowest BCUT2D eigenvalue weighted by Crippen LogP contribution is -2.20. The standard InChI is InChI=1S/C16H14F2N6/c17-12(18)14-21-13(23-24-14)10-8-19-15(20-9-10)22-16(6-7-16)11-4-2-1-3-5-11/h1-5,8-9,12H,6-7H2,(H,19,20,22)(H,21,23,24). The number of H-pyrrole nitrogens is 1. The number of alkyl halides is 2. The molecule has 6 nitrogen and oxygen atoms in total. The largest absolute Gasteiger partial charge is 0.345 e. The van der Waals surface area contributed by atoms with Gasteiger partial charge in [0.05, 0.1) is 11.1 Å². The van der Waals surface area contributed by atoms with Crippen molar-refractivity contribution in [3.05, 3.63) is 54.1 Å². The van der Waals surface area contributed by atoms with Crippen molar-refractivity contribution in [3.63, 3.8) is 0 Å².